The summed E-state index contributed by atoms with van der Waals surface area (Å²) in [7, 11) is 0. The van der Waals surface area contributed by atoms with Crippen molar-refractivity contribution in [2.24, 2.45) is 0 Å². The molecule has 0 saturated carbocycles. The smallest absolute Gasteiger partial charge is 0.186 e. The van der Waals surface area contributed by atoms with Crippen molar-refractivity contribution in [3.63, 3.8) is 0 Å². The lowest BCUT2D eigenvalue weighted by Crippen LogP contribution is -2.00. The highest BCUT2D eigenvalue weighted by Crippen LogP contribution is 2.36. The van der Waals surface area contributed by atoms with Gasteiger partial charge in [0.15, 0.2) is 11.6 Å². The normalized spacial score (nSPS) is 12.4. The second-order valence-electron chi connectivity index (χ2n) is 11.5. The molecule has 0 amide bonds. The highest BCUT2D eigenvalue weighted by atomic mass is 19.1. The van der Waals surface area contributed by atoms with Gasteiger partial charge in [0.1, 0.15) is 11.6 Å². The number of benzene rings is 6. The molecule has 0 radical (unpaired) electrons. The van der Waals surface area contributed by atoms with Gasteiger partial charge in [-0.3, -0.25) is 9.59 Å². The van der Waals surface area contributed by atoms with Crippen molar-refractivity contribution < 1.29 is 18.4 Å². The zero-order valence-corrected chi connectivity index (χ0v) is 27.0. The summed E-state index contributed by atoms with van der Waals surface area (Å²) in [6.07, 6.45) is 7.11. The molecule has 0 aliphatic heterocycles. The third-order valence-electron chi connectivity index (χ3n) is 8.14. The lowest BCUT2D eigenvalue weighted by Gasteiger charge is -2.16. The Balaban J connectivity index is 1.59. The van der Waals surface area contributed by atoms with Crippen molar-refractivity contribution in [1.29, 1.82) is 0 Å². The van der Waals surface area contributed by atoms with Gasteiger partial charge in [-0.25, -0.2) is 8.78 Å². The molecule has 0 spiro atoms. The van der Waals surface area contributed by atoms with Gasteiger partial charge in [0, 0.05) is 11.1 Å². The fourth-order valence-electron chi connectivity index (χ4n) is 5.61. The number of carbonyl (C=O) groups is 2. The molecule has 0 unspecified atom stereocenters. The largest absolute Gasteiger partial charge is 0.289 e. The number of rotatable bonds is 11. The Morgan fingerprint density at radius 2 is 0.580 bits per heavy atom. The van der Waals surface area contributed by atoms with Crippen molar-refractivity contribution in [2.75, 3.05) is 0 Å². The quantitative estimate of drug-likeness (QED) is 0.0791. The van der Waals surface area contributed by atoms with Crippen LogP contribution in [0.5, 0.6) is 0 Å². The van der Waals surface area contributed by atoms with Crippen LogP contribution in [-0.4, -0.2) is 11.6 Å². The molecular weight excluding hydrogens is 623 g/mol. The van der Waals surface area contributed by atoms with Crippen LogP contribution in [-0.2, 0) is 0 Å². The van der Waals surface area contributed by atoms with E-state index in [0.717, 1.165) is 33.4 Å². The molecule has 6 rings (SSSR count). The molecule has 0 bridgehead atoms. The zero-order valence-electron chi connectivity index (χ0n) is 27.0. The van der Waals surface area contributed by atoms with Gasteiger partial charge in [-0.05, 0) is 105 Å². The molecule has 242 valence electrons. The molecular formula is C46H32F2O2. The van der Waals surface area contributed by atoms with Gasteiger partial charge in [0.05, 0.1) is 0 Å². The first kappa shape index (κ1) is 33.4. The first-order chi connectivity index (χ1) is 24.5. The van der Waals surface area contributed by atoms with E-state index < -0.39 is 11.6 Å². The number of carbonyl (C=O) groups excluding carboxylic acids is 2. The van der Waals surface area contributed by atoms with E-state index >= 15 is 0 Å². The summed E-state index contributed by atoms with van der Waals surface area (Å²) >= 11 is 0. The van der Waals surface area contributed by atoms with Crippen LogP contribution in [0.2, 0.25) is 0 Å². The molecule has 0 atom stereocenters. The first-order valence-electron chi connectivity index (χ1n) is 16.1. The monoisotopic (exact) mass is 654 g/mol. The Kier molecular flexibility index (Phi) is 10.7. The van der Waals surface area contributed by atoms with Crippen molar-refractivity contribution in [2.45, 2.75) is 0 Å². The molecule has 0 aromatic heterocycles. The maximum atomic E-state index is 13.7. The summed E-state index contributed by atoms with van der Waals surface area (Å²) in [6, 6.07) is 49.8. The highest BCUT2D eigenvalue weighted by Gasteiger charge is 2.17. The summed E-state index contributed by atoms with van der Waals surface area (Å²) in [6.45, 7) is 0. The number of halogens is 2. The van der Waals surface area contributed by atoms with E-state index in [1.165, 1.54) is 48.5 Å². The van der Waals surface area contributed by atoms with Crippen LogP contribution in [0.25, 0.3) is 22.3 Å². The second kappa shape index (κ2) is 16.1. The van der Waals surface area contributed by atoms with Crippen LogP contribution in [0.1, 0.15) is 43.0 Å². The topological polar surface area (TPSA) is 34.1 Å². The van der Waals surface area contributed by atoms with Crippen molar-refractivity contribution >= 4 is 33.9 Å². The van der Waals surface area contributed by atoms with Gasteiger partial charge < -0.3 is 0 Å². The SMILES string of the molecule is O=C(/C=C(/C(=C/C=C(/C(=C/C(=O)c1ccc(F)cc1)c1ccccc1)c1ccccc1)c1ccccc1)c1ccccc1)c1ccc(F)cc1. The van der Waals surface area contributed by atoms with Crippen molar-refractivity contribution in [3.8, 4) is 0 Å². The zero-order chi connectivity index (χ0) is 34.7. The molecule has 0 aliphatic rings. The Labute approximate surface area is 290 Å². The molecule has 0 heterocycles. The van der Waals surface area contributed by atoms with Gasteiger partial charge >= 0.3 is 0 Å². The summed E-state index contributed by atoms with van der Waals surface area (Å²) in [5, 5.41) is 0. The summed E-state index contributed by atoms with van der Waals surface area (Å²) in [5.41, 5.74) is 6.95. The van der Waals surface area contributed by atoms with Crippen molar-refractivity contribution in [1.82, 2.24) is 0 Å². The predicted molar refractivity (Wildman–Crippen MR) is 199 cm³/mol. The minimum atomic E-state index is -0.419. The second-order valence-corrected chi connectivity index (χ2v) is 11.5. The highest BCUT2D eigenvalue weighted by molar-refractivity contribution is 6.19. The number of allylic oxidation sites excluding steroid dienone is 8. The van der Waals surface area contributed by atoms with Crippen LogP contribution in [0.15, 0.2) is 194 Å². The lowest BCUT2D eigenvalue weighted by atomic mass is 9.87. The predicted octanol–water partition coefficient (Wildman–Crippen LogP) is 11.4. The third-order valence-corrected chi connectivity index (χ3v) is 8.14. The van der Waals surface area contributed by atoms with E-state index in [1.807, 2.05) is 133 Å². The van der Waals surface area contributed by atoms with Gasteiger partial charge in [-0.2, -0.15) is 0 Å². The van der Waals surface area contributed by atoms with Crippen LogP contribution < -0.4 is 0 Å². The summed E-state index contributed by atoms with van der Waals surface area (Å²) < 4.78 is 27.5. The van der Waals surface area contributed by atoms with Crippen LogP contribution in [0.3, 0.4) is 0 Å². The van der Waals surface area contributed by atoms with Crippen LogP contribution in [0, 0.1) is 11.6 Å². The maximum absolute atomic E-state index is 13.7. The van der Waals surface area contributed by atoms with Crippen LogP contribution >= 0.6 is 0 Å². The van der Waals surface area contributed by atoms with E-state index in [9.17, 15) is 18.4 Å². The Hall–Kier alpha value is -6.52. The Bertz CT molecular complexity index is 2040. The third kappa shape index (κ3) is 8.30. The fourth-order valence-corrected chi connectivity index (χ4v) is 5.61. The van der Waals surface area contributed by atoms with E-state index in [4.69, 9.17) is 0 Å². The maximum Gasteiger partial charge on any atom is 0.186 e. The standard InChI is InChI=1S/C46H32F2O2/c47-39-25-21-37(22-26-39)45(49)31-43(35-17-9-3-10-18-35)41(33-13-5-1-6-14-33)29-30-42(34-15-7-2-8-16-34)44(36-19-11-4-12-20-36)32-46(50)38-23-27-40(48)28-24-38/h1-32H/b41-29+,42-30+,43-31+,44-32+. The van der Waals surface area contributed by atoms with Gasteiger partial charge in [-0.1, -0.05) is 133 Å². The average Bonchev–Trinajstić information content (AvgIpc) is 3.17. The summed E-state index contributed by atoms with van der Waals surface area (Å²) in [4.78, 5) is 27.4. The van der Waals surface area contributed by atoms with E-state index in [1.54, 1.807) is 12.2 Å². The van der Waals surface area contributed by atoms with Crippen molar-refractivity contribution in [3.05, 3.63) is 239 Å². The molecule has 0 saturated heterocycles. The molecule has 2 nitrogen and oxygen atoms in total. The lowest BCUT2D eigenvalue weighted by molar-refractivity contribution is 0.103. The minimum Gasteiger partial charge on any atom is -0.289 e. The molecule has 4 heteroatoms. The van der Waals surface area contributed by atoms with E-state index in [2.05, 4.69) is 0 Å². The average molecular weight is 655 g/mol. The number of hydrogen-bond donors (Lipinski definition) is 0. The molecule has 6 aromatic rings. The Morgan fingerprint density at radius 1 is 0.320 bits per heavy atom. The fraction of sp³-hybridized carbons (Fsp3) is 0. The van der Waals surface area contributed by atoms with Gasteiger partial charge in [0.25, 0.3) is 0 Å². The Morgan fingerprint density at radius 3 is 0.860 bits per heavy atom. The van der Waals surface area contributed by atoms with E-state index in [0.29, 0.717) is 22.3 Å². The number of ketones is 2. The number of hydrogen-bond acceptors (Lipinski definition) is 2. The first-order valence-corrected chi connectivity index (χ1v) is 16.1. The summed E-state index contributed by atoms with van der Waals surface area (Å²) in [5.74, 6) is -1.38. The molecule has 0 N–H and O–H groups in total. The minimum absolute atomic E-state index is 0.271. The van der Waals surface area contributed by atoms with Gasteiger partial charge in [-0.15, -0.1) is 0 Å². The molecule has 0 aliphatic carbocycles. The molecule has 0 fully saturated rings. The molecule has 6 aromatic carbocycles. The van der Waals surface area contributed by atoms with Crippen LogP contribution in [0.4, 0.5) is 8.78 Å². The van der Waals surface area contributed by atoms with Gasteiger partial charge in [0.2, 0.25) is 0 Å². The van der Waals surface area contributed by atoms with E-state index in [-0.39, 0.29) is 11.6 Å². The molecule has 50 heavy (non-hydrogen) atoms.